The van der Waals surface area contributed by atoms with E-state index in [-0.39, 0.29) is 0 Å². The van der Waals surface area contributed by atoms with Crippen LogP contribution >= 0.6 is 0 Å². The molecule has 6 aromatic rings. The average molecular weight is 419 g/mol. The lowest BCUT2D eigenvalue weighted by Crippen LogP contribution is -2.06. The molecule has 0 saturated carbocycles. The van der Waals surface area contributed by atoms with Crippen LogP contribution in [0.4, 0.5) is 0 Å². The lowest BCUT2D eigenvalue weighted by molar-refractivity contribution is 0.811. The summed E-state index contributed by atoms with van der Waals surface area (Å²) >= 11 is 0. The number of hydrogen-bond acceptors (Lipinski definition) is 6. The molecule has 0 aliphatic carbocycles. The summed E-state index contributed by atoms with van der Waals surface area (Å²) in [6.07, 6.45) is 8.66. The van der Waals surface area contributed by atoms with E-state index in [0.717, 1.165) is 34.2 Å². The monoisotopic (exact) mass is 419 g/mol. The van der Waals surface area contributed by atoms with E-state index in [1.807, 2.05) is 77.0 Å². The number of fused-ring (bicyclic) bond motifs is 1. The van der Waals surface area contributed by atoms with Crippen molar-refractivity contribution in [1.29, 1.82) is 0 Å². The van der Waals surface area contributed by atoms with Gasteiger partial charge in [0, 0.05) is 18.6 Å². The third-order valence-corrected chi connectivity index (χ3v) is 5.22. The Hall–Kier alpha value is -4.66. The second kappa shape index (κ2) is 7.24. The fourth-order valence-corrected chi connectivity index (χ4v) is 3.82. The van der Waals surface area contributed by atoms with Crippen LogP contribution in [0, 0.1) is 6.92 Å². The topological polar surface area (TPSA) is 91.6 Å². The third-order valence-electron chi connectivity index (χ3n) is 5.22. The summed E-state index contributed by atoms with van der Waals surface area (Å²) in [5.41, 5.74) is 4.98. The summed E-state index contributed by atoms with van der Waals surface area (Å²) < 4.78 is 5.59. The smallest absolute Gasteiger partial charge is 0.253 e. The maximum Gasteiger partial charge on any atom is 0.253 e. The first-order chi connectivity index (χ1) is 15.8. The van der Waals surface area contributed by atoms with Gasteiger partial charge in [-0.05, 0) is 37.3 Å². The van der Waals surface area contributed by atoms with Crippen molar-refractivity contribution in [2.24, 2.45) is 0 Å². The minimum Gasteiger partial charge on any atom is -0.290 e. The van der Waals surface area contributed by atoms with E-state index in [4.69, 9.17) is 5.10 Å². The zero-order valence-corrected chi connectivity index (χ0v) is 17.1. The van der Waals surface area contributed by atoms with Crippen LogP contribution in [-0.2, 0) is 0 Å². The summed E-state index contributed by atoms with van der Waals surface area (Å²) in [6, 6.07) is 17.7. The van der Waals surface area contributed by atoms with E-state index in [0.29, 0.717) is 11.5 Å². The molecule has 0 amide bonds. The largest absolute Gasteiger partial charge is 0.290 e. The van der Waals surface area contributed by atoms with Gasteiger partial charge in [0.1, 0.15) is 12.7 Å². The highest BCUT2D eigenvalue weighted by Crippen LogP contribution is 2.33. The van der Waals surface area contributed by atoms with Gasteiger partial charge in [-0.15, -0.1) is 0 Å². The predicted octanol–water partition coefficient (Wildman–Crippen LogP) is 3.53. The van der Waals surface area contributed by atoms with Crippen LogP contribution in [0.1, 0.15) is 5.69 Å². The Labute approximate surface area is 182 Å². The summed E-state index contributed by atoms with van der Waals surface area (Å²) in [6.45, 7) is 1.98. The first kappa shape index (κ1) is 18.1. The van der Waals surface area contributed by atoms with Crippen molar-refractivity contribution in [1.82, 2.24) is 43.9 Å². The van der Waals surface area contributed by atoms with Gasteiger partial charge in [-0.1, -0.05) is 24.3 Å². The highest BCUT2D eigenvalue weighted by atomic mass is 15.4. The summed E-state index contributed by atoms with van der Waals surface area (Å²) in [7, 11) is 0. The number of aryl methyl sites for hydroxylation is 1. The third kappa shape index (κ3) is 2.87. The zero-order chi connectivity index (χ0) is 21.5. The second-order valence-electron chi connectivity index (χ2n) is 7.21. The molecule has 0 aliphatic rings. The van der Waals surface area contributed by atoms with Crippen molar-refractivity contribution in [2.45, 2.75) is 6.92 Å². The number of rotatable bonds is 4. The van der Waals surface area contributed by atoms with Gasteiger partial charge >= 0.3 is 0 Å². The van der Waals surface area contributed by atoms with Crippen molar-refractivity contribution in [3.05, 3.63) is 91.5 Å². The first-order valence-electron chi connectivity index (χ1n) is 10.1. The number of benzene rings is 1. The van der Waals surface area contributed by atoms with Crippen molar-refractivity contribution >= 4 is 5.78 Å². The van der Waals surface area contributed by atoms with E-state index in [2.05, 4.69) is 25.0 Å². The van der Waals surface area contributed by atoms with Crippen LogP contribution in [-0.4, -0.2) is 43.9 Å². The minimum atomic E-state index is 0.492. The molecular formula is C23H17N9. The molecule has 0 N–H and O–H groups in total. The van der Waals surface area contributed by atoms with Gasteiger partial charge in [-0.2, -0.15) is 19.7 Å². The molecule has 6 rings (SSSR count). The molecule has 0 fully saturated rings. The summed E-state index contributed by atoms with van der Waals surface area (Å²) in [4.78, 5) is 17.7. The molecule has 0 radical (unpaired) electrons. The molecule has 0 unspecified atom stereocenters. The van der Waals surface area contributed by atoms with Gasteiger partial charge in [-0.25, -0.2) is 14.6 Å². The first-order valence-corrected chi connectivity index (χ1v) is 10.1. The number of aromatic nitrogens is 9. The number of pyridine rings is 1. The molecule has 9 heteroatoms. The van der Waals surface area contributed by atoms with Gasteiger partial charge < -0.3 is 0 Å². The molecule has 0 atom stereocenters. The molecule has 0 bridgehead atoms. The van der Waals surface area contributed by atoms with Crippen molar-refractivity contribution in [3.8, 4) is 34.2 Å². The van der Waals surface area contributed by atoms with Crippen LogP contribution in [0.25, 0.3) is 39.9 Å². The molecule has 5 heterocycles. The number of nitrogens with zero attached hydrogens (tertiary/aromatic N) is 9. The van der Waals surface area contributed by atoms with Gasteiger partial charge in [0.2, 0.25) is 0 Å². The molecule has 154 valence electrons. The highest BCUT2D eigenvalue weighted by molar-refractivity contribution is 5.76. The van der Waals surface area contributed by atoms with E-state index < -0.39 is 0 Å². The Morgan fingerprint density at radius 1 is 0.875 bits per heavy atom. The van der Waals surface area contributed by atoms with E-state index >= 15 is 0 Å². The molecule has 32 heavy (non-hydrogen) atoms. The molecule has 5 aromatic heterocycles. The number of imidazole rings is 1. The van der Waals surface area contributed by atoms with E-state index in [1.165, 1.54) is 6.33 Å². The lowest BCUT2D eigenvalue weighted by atomic mass is 10.1. The number of para-hydroxylation sites is 1. The summed E-state index contributed by atoms with van der Waals surface area (Å²) in [5.74, 6) is 1.34. The van der Waals surface area contributed by atoms with Crippen LogP contribution < -0.4 is 0 Å². The molecule has 0 spiro atoms. The Bertz CT molecular complexity index is 1510. The van der Waals surface area contributed by atoms with Crippen LogP contribution in [0.5, 0.6) is 0 Å². The van der Waals surface area contributed by atoms with Crippen LogP contribution in [0.15, 0.2) is 85.8 Å². The predicted molar refractivity (Wildman–Crippen MR) is 118 cm³/mol. The van der Waals surface area contributed by atoms with Gasteiger partial charge in [-0.3, -0.25) is 9.55 Å². The molecule has 9 nitrogen and oxygen atoms in total. The van der Waals surface area contributed by atoms with Crippen molar-refractivity contribution in [3.63, 3.8) is 0 Å². The Morgan fingerprint density at radius 3 is 2.53 bits per heavy atom. The van der Waals surface area contributed by atoms with Gasteiger partial charge in [0.25, 0.3) is 5.78 Å². The van der Waals surface area contributed by atoms with Gasteiger partial charge in [0.05, 0.1) is 34.0 Å². The van der Waals surface area contributed by atoms with Crippen molar-refractivity contribution < 1.29 is 0 Å². The fraction of sp³-hybridized carbons (Fsp3) is 0.0435. The lowest BCUT2D eigenvalue weighted by Gasteiger charge is -2.12. The highest BCUT2D eigenvalue weighted by Gasteiger charge is 2.23. The molecule has 0 aliphatic heterocycles. The fourth-order valence-electron chi connectivity index (χ4n) is 3.82. The Morgan fingerprint density at radius 2 is 1.75 bits per heavy atom. The minimum absolute atomic E-state index is 0.492. The maximum absolute atomic E-state index is 4.88. The average Bonchev–Trinajstić information content (AvgIpc) is 3.59. The van der Waals surface area contributed by atoms with Crippen molar-refractivity contribution in [2.75, 3.05) is 0 Å². The molecular weight excluding hydrogens is 402 g/mol. The standard InChI is InChI=1S/C23H17N9/c1-16-21(22(30-12-11-24-15-30)31(29-16)17-7-3-2-4-8-17)20-13-19(18-9-5-6-10-25-18)28-23-26-14-27-32(20)23/h2-15H,1H3. The zero-order valence-electron chi connectivity index (χ0n) is 17.1. The Kier molecular flexibility index (Phi) is 4.10. The van der Waals surface area contributed by atoms with E-state index in [1.54, 1.807) is 23.2 Å². The second-order valence-corrected chi connectivity index (χ2v) is 7.21. The van der Waals surface area contributed by atoms with E-state index in [9.17, 15) is 0 Å². The molecule has 0 saturated heterocycles. The quantitative estimate of drug-likeness (QED) is 0.434. The maximum atomic E-state index is 4.88. The Balaban J connectivity index is 1.68. The SMILES string of the molecule is Cc1nn(-c2ccccc2)c(-n2ccnc2)c1-c1cc(-c2ccccn2)nc2ncnn12. The number of hydrogen-bond donors (Lipinski definition) is 0. The van der Waals surface area contributed by atoms with Crippen LogP contribution in [0.3, 0.4) is 0 Å². The molecule has 1 aromatic carbocycles. The summed E-state index contributed by atoms with van der Waals surface area (Å²) in [5, 5.41) is 9.31. The van der Waals surface area contributed by atoms with Gasteiger partial charge in [0.15, 0.2) is 5.82 Å². The van der Waals surface area contributed by atoms with Crippen LogP contribution in [0.2, 0.25) is 0 Å². The normalized spacial score (nSPS) is 11.3.